The van der Waals surface area contributed by atoms with Crippen molar-refractivity contribution in [1.29, 1.82) is 0 Å². The third-order valence-electron chi connectivity index (χ3n) is 2.96. The first kappa shape index (κ1) is 13.7. The molecule has 0 saturated carbocycles. The van der Waals surface area contributed by atoms with E-state index < -0.39 is 11.5 Å². The van der Waals surface area contributed by atoms with Gasteiger partial charge in [-0.05, 0) is 58.8 Å². The van der Waals surface area contributed by atoms with E-state index in [1.807, 2.05) is 25.1 Å². The number of halogens is 1. The normalized spacial score (nSPS) is 11.6. The lowest BCUT2D eigenvalue weighted by atomic mass is 10.1. The van der Waals surface area contributed by atoms with Crippen LogP contribution >= 0.6 is 15.9 Å². The fourth-order valence-electron chi connectivity index (χ4n) is 1.64. The number of carboxylic acids is 1. The number of tetrazole rings is 1. The van der Waals surface area contributed by atoms with Gasteiger partial charge in [-0.2, -0.15) is 0 Å². The van der Waals surface area contributed by atoms with E-state index in [0.717, 1.165) is 15.6 Å². The third-order valence-corrected chi connectivity index (χ3v) is 4.01. The molecule has 0 unspecified atom stereocenters. The molecule has 0 aliphatic carbocycles. The van der Waals surface area contributed by atoms with Crippen LogP contribution in [-0.4, -0.2) is 31.3 Å². The average Bonchev–Trinajstić information content (AvgIpc) is 2.82. The van der Waals surface area contributed by atoms with Gasteiger partial charge in [-0.1, -0.05) is 12.1 Å². The Kier molecular flexibility index (Phi) is 3.40. The number of carbonyl (C=O) groups is 1. The summed E-state index contributed by atoms with van der Waals surface area (Å²) in [4.78, 5) is 11.3. The van der Waals surface area contributed by atoms with E-state index in [1.54, 1.807) is 13.8 Å². The Morgan fingerprint density at radius 1 is 1.42 bits per heavy atom. The molecule has 0 aliphatic heterocycles. The van der Waals surface area contributed by atoms with Gasteiger partial charge in [0.25, 0.3) is 0 Å². The number of hydrogen-bond acceptors (Lipinski definition) is 4. The molecule has 2 rings (SSSR count). The molecule has 1 aromatic carbocycles. The summed E-state index contributed by atoms with van der Waals surface area (Å²) in [6.07, 6.45) is 0. The lowest BCUT2D eigenvalue weighted by molar-refractivity contribution is -0.146. The largest absolute Gasteiger partial charge is 0.479 e. The molecule has 2 aromatic rings. The van der Waals surface area contributed by atoms with Crippen LogP contribution in [0.1, 0.15) is 19.4 Å². The standard InChI is InChI=1S/C12H13BrN4O2/c1-7-5-4-6-8(9(7)13)10-14-15-16-17(10)12(2,3)11(18)19/h4-6H,1-3H3,(H,18,19). The second kappa shape index (κ2) is 4.73. The van der Waals surface area contributed by atoms with Gasteiger partial charge in [-0.3, -0.25) is 0 Å². The first-order valence-electron chi connectivity index (χ1n) is 5.63. The van der Waals surface area contributed by atoms with Crippen LogP contribution in [0.5, 0.6) is 0 Å². The summed E-state index contributed by atoms with van der Waals surface area (Å²) in [5, 5.41) is 20.6. The van der Waals surface area contributed by atoms with Gasteiger partial charge in [0.05, 0.1) is 0 Å². The van der Waals surface area contributed by atoms with Gasteiger partial charge in [-0.15, -0.1) is 5.10 Å². The van der Waals surface area contributed by atoms with Crippen molar-refractivity contribution in [3.05, 3.63) is 28.2 Å². The van der Waals surface area contributed by atoms with Crippen LogP contribution in [0.4, 0.5) is 0 Å². The maximum absolute atomic E-state index is 11.3. The molecule has 1 heterocycles. The van der Waals surface area contributed by atoms with Gasteiger partial charge in [0, 0.05) is 10.0 Å². The van der Waals surface area contributed by atoms with Gasteiger partial charge >= 0.3 is 5.97 Å². The van der Waals surface area contributed by atoms with Gasteiger partial charge in [0.2, 0.25) is 0 Å². The number of aromatic nitrogens is 4. The summed E-state index contributed by atoms with van der Waals surface area (Å²) in [5.41, 5.74) is 0.571. The van der Waals surface area contributed by atoms with Crippen molar-refractivity contribution in [3.8, 4) is 11.4 Å². The summed E-state index contributed by atoms with van der Waals surface area (Å²) < 4.78 is 2.17. The van der Waals surface area contributed by atoms with Gasteiger partial charge < -0.3 is 5.11 Å². The molecule has 1 N–H and O–H groups in total. The maximum Gasteiger partial charge on any atom is 0.331 e. The van der Waals surface area contributed by atoms with Crippen molar-refractivity contribution in [3.63, 3.8) is 0 Å². The molecule has 0 radical (unpaired) electrons. The van der Waals surface area contributed by atoms with E-state index in [9.17, 15) is 9.90 Å². The predicted molar refractivity (Wildman–Crippen MR) is 72.6 cm³/mol. The summed E-state index contributed by atoms with van der Waals surface area (Å²) >= 11 is 3.48. The number of rotatable bonds is 3. The second-order valence-electron chi connectivity index (χ2n) is 4.71. The van der Waals surface area contributed by atoms with E-state index >= 15 is 0 Å². The molecule has 0 saturated heterocycles. The van der Waals surface area contributed by atoms with Gasteiger partial charge in [0.15, 0.2) is 11.4 Å². The molecular weight excluding hydrogens is 312 g/mol. The highest BCUT2D eigenvalue weighted by Crippen LogP contribution is 2.31. The van der Waals surface area contributed by atoms with E-state index in [2.05, 4.69) is 31.5 Å². The molecule has 100 valence electrons. The van der Waals surface area contributed by atoms with Crippen LogP contribution in [0.3, 0.4) is 0 Å². The molecule has 0 bridgehead atoms. The Morgan fingerprint density at radius 3 is 2.74 bits per heavy atom. The quantitative estimate of drug-likeness (QED) is 0.936. The molecule has 7 heteroatoms. The number of hydrogen-bond donors (Lipinski definition) is 1. The maximum atomic E-state index is 11.3. The highest BCUT2D eigenvalue weighted by Gasteiger charge is 2.34. The summed E-state index contributed by atoms with van der Waals surface area (Å²) in [6, 6.07) is 5.67. The Hall–Kier alpha value is -1.76. The smallest absolute Gasteiger partial charge is 0.331 e. The molecule has 19 heavy (non-hydrogen) atoms. The molecule has 0 aliphatic rings. The zero-order chi connectivity index (χ0) is 14.2. The first-order chi connectivity index (χ1) is 8.85. The summed E-state index contributed by atoms with van der Waals surface area (Å²) in [5.74, 6) is -0.576. The highest BCUT2D eigenvalue weighted by molar-refractivity contribution is 9.10. The van der Waals surface area contributed by atoms with E-state index in [4.69, 9.17) is 0 Å². The third kappa shape index (κ3) is 2.25. The van der Waals surface area contributed by atoms with Crippen LogP contribution in [0.15, 0.2) is 22.7 Å². The lowest BCUT2D eigenvalue weighted by Crippen LogP contribution is -2.37. The van der Waals surface area contributed by atoms with Crippen LogP contribution in [0.2, 0.25) is 0 Å². The molecule has 0 fully saturated rings. The minimum absolute atomic E-state index is 0.419. The highest BCUT2D eigenvalue weighted by atomic mass is 79.9. The Labute approximate surface area is 118 Å². The van der Waals surface area contributed by atoms with Crippen molar-refractivity contribution < 1.29 is 9.90 Å². The second-order valence-corrected chi connectivity index (χ2v) is 5.51. The van der Waals surface area contributed by atoms with Crippen molar-refractivity contribution in [1.82, 2.24) is 20.2 Å². The van der Waals surface area contributed by atoms with Crippen molar-refractivity contribution in [2.24, 2.45) is 0 Å². The topological polar surface area (TPSA) is 80.9 Å². The van der Waals surface area contributed by atoms with E-state index in [0.29, 0.717) is 5.82 Å². The average molecular weight is 325 g/mol. The fourth-order valence-corrected chi connectivity index (χ4v) is 2.08. The molecule has 0 spiro atoms. The zero-order valence-corrected chi connectivity index (χ0v) is 12.3. The minimum atomic E-state index is -1.22. The number of benzene rings is 1. The first-order valence-corrected chi connectivity index (χ1v) is 6.42. The van der Waals surface area contributed by atoms with Gasteiger partial charge in [0.1, 0.15) is 0 Å². The predicted octanol–water partition coefficient (Wildman–Crippen LogP) is 2.23. The monoisotopic (exact) mass is 324 g/mol. The molecule has 0 atom stereocenters. The number of aryl methyl sites for hydroxylation is 1. The Balaban J connectivity index is 2.63. The Morgan fingerprint density at radius 2 is 2.11 bits per heavy atom. The van der Waals surface area contributed by atoms with Crippen molar-refractivity contribution in [2.75, 3.05) is 0 Å². The number of carboxylic acid groups (broad SMARTS) is 1. The molecule has 6 nitrogen and oxygen atoms in total. The Bertz CT molecular complexity index is 636. The minimum Gasteiger partial charge on any atom is -0.479 e. The molecular formula is C12H13BrN4O2. The SMILES string of the molecule is Cc1cccc(-c2nnnn2C(C)(C)C(=O)O)c1Br. The summed E-state index contributed by atoms with van der Waals surface area (Å²) in [6.45, 7) is 5.06. The van der Waals surface area contributed by atoms with Crippen LogP contribution in [0.25, 0.3) is 11.4 Å². The zero-order valence-electron chi connectivity index (χ0n) is 10.8. The molecule has 1 aromatic heterocycles. The van der Waals surface area contributed by atoms with Crippen LogP contribution in [0, 0.1) is 6.92 Å². The fraction of sp³-hybridized carbons (Fsp3) is 0.333. The van der Waals surface area contributed by atoms with Crippen LogP contribution in [-0.2, 0) is 10.3 Å². The van der Waals surface area contributed by atoms with Crippen molar-refractivity contribution >= 4 is 21.9 Å². The number of aliphatic carboxylic acids is 1. The summed E-state index contributed by atoms with van der Waals surface area (Å²) in [7, 11) is 0. The van der Waals surface area contributed by atoms with E-state index in [1.165, 1.54) is 4.68 Å². The molecule has 0 amide bonds. The lowest BCUT2D eigenvalue weighted by Gasteiger charge is -2.20. The van der Waals surface area contributed by atoms with Gasteiger partial charge in [-0.25, -0.2) is 9.48 Å². The van der Waals surface area contributed by atoms with E-state index in [-0.39, 0.29) is 0 Å². The van der Waals surface area contributed by atoms with Crippen molar-refractivity contribution in [2.45, 2.75) is 26.3 Å². The van der Waals surface area contributed by atoms with Crippen LogP contribution < -0.4 is 0 Å². The number of nitrogens with zero attached hydrogens (tertiary/aromatic N) is 4.